The maximum absolute atomic E-state index is 12.8. The molecule has 0 saturated heterocycles. The van der Waals surface area contributed by atoms with Crippen LogP contribution in [0.3, 0.4) is 0 Å². The van der Waals surface area contributed by atoms with Crippen molar-refractivity contribution >= 4 is 48.9 Å². The Bertz CT molecular complexity index is 610. The Kier molecular flexibility index (Phi) is 4.81. The molecule has 1 heterocycles. The predicted octanol–water partition coefficient (Wildman–Crippen LogP) is 6.47. The highest BCUT2D eigenvalue weighted by atomic mass is 79.9. The number of hydrogen-bond donors (Lipinski definition) is 1. The van der Waals surface area contributed by atoms with E-state index in [9.17, 15) is 13.2 Å². The summed E-state index contributed by atoms with van der Waals surface area (Å²) in [5.74, 6) is 0. The van der Waals surface area contributed by atoms with E-state index in [1.165, 1.54) is 6.07 Å². The van der Waals surface area contributed by atoms with E-state index in [0.29, 0.717) is 5.69 Å². The number of alkyl halides is 3. The van der Waals surface area contributed by atoms with Gasteiger partial charge in [0.2, 0.25) is 0 Å². The molecular weight excluding hydrogens is 419 g/mol. The van der Waals surface area contributed by atoms with Gasteiger partial charge < -0.3 is 5.32 Å². The first-order valence-corrected chi connectivity index (χ1v) is 8.12. The molecule has 1 aromatic carbocycles. The molecule has 108 valence electrons. The van der Waals surface area contributed by atoms with E-state index in [0.717, 1.165) is 15.4 Å². The second-order valence-electron chi connectivity index (χ2n) is 4.19. The maximum Gasteiger partial charge on any atom is 0.417 e. The standard InChI is InChI=1S/C13H10Br2F3NS/c1-7(12-11(15)4-5-20-12)19-8-2-3-10(14)9(6-8)13(16,17)18/h2-7,19H,1H3. The lowest BCUT2D eigenvalue weighted by Gasteiger charge is -2.17. The van der Waals surface area contributed by atoms with Gasteiger partial charge in [0, 0.05) is 19.5 Å². The summed E-state index contributed by atoms with van der Waals surface area (Å²) in [5.41, 5.74) is -0.242. The second-order valence-corrected chi connectivity index (χ2v) is 6.85. The van der Waals surface area contributed by atoms with Crippen LogP contribution in [0.1, 0.15) is 23.4 Å². The summed E-state index contributed by atoms with van der Waals surface area (Å²) in [6.45, 7) is 1.91. The lowest BCUT2D eigenvalue weighted by molar-refractivity contribution is -0.138. The number of thiophene rings is 1. The molecule has 20 heavy (non-hydrogen) atoms. The fourth-order valence-electron chi connectivity index (χ4n) is 1.76. The van der Waals surface area contributed by atoms with Gasteiger partial charge >= 0.3 is 6.18 Å². The quantitative estimate of drug-likeness (QED) is 0.591. The smallest absolute Gasteiger partial charge is 0.378 e. The normalized spacial score (nSPS) is 13.3. The molecule has 1 atom stereocenters. The van der Waals surface area contributed by atoms with Crippen LogP contribution in [0.25, 0.3) is 0 Å². The van der Waals surface area contributed by atoms with Crippen molar-refractivity contribution in [3.05, 3.63) is 49.0 Å². The van der Waals surface area contributed by atoms with E-state index >= 15 is 0 Å². The summed E-state index contributed by atoms with van der Waals surface area (Å²) in [7, 11) is 0. The molecule has 1 nitrogen and oxygen atoms in total. The highest BCUT2D eigenvalue weighted by molar-refractivity contribution is 9.10. The lowest BCUT2D eigenvalue weighted by atomic mass is 10.1. The van der Waals surface area contributed by atoms with E-state index < -0.39 is 11.7 Å². The van der Waals surface area contributed by atoms with Crippen molar-refractivity contribution < 1.29 is 13.2 Å². The van der Waals surface area contributed by atoms with Crippen LogP contribution in [0.2, 0.25) is 0 Å². The van der Waals surface area contributed by atoms with Crippen LogP contribution in [0.5, 0.6) is 0 Å². The average molecular weight is 429 g/mol. The van der Waals surface area contributed by atoms with Crippen LogP contribution < -0.4 is 5.32 Å². The highest BCUT2D eigenvalue weighted by Gasteiger charge is 2.33. The summed E-state index contributed by atoms with van der Waals surface area (Å²) >= 11 is 7.90. The van der Waals surface area contributed by atoms with E-state index in [4.69, 9.17) is 0 Å². The Labute approximate surface area is 135 Å². The van der Waals surface area contributed by atoms with Gasteiger partial charge in [-0.25, -0.2) is 0 Å². The van der Waals surface area contributed by atoms with Gasteiger partial charge in [0.1, 0.15) is 0 Å². The van der Waals surface area contributed by atoms with Crippen molar-refractivity contribution in [2.75, 3.05) is 5.32 Å². The van der Waals surface area contributed by atoms with E-state index in [2.05, 4.69) is 37.2 Å². The van der Waals surface area contributed by atoms with Gasteiger partial charge in [-0.15, -0.1) is 11.3 Å². The van der Waals surface area contributed by atoms with Gasteiger partial charge in [0.15, 0.2) is 0 Å². The molecule has 0 bridgehead atoms. The van der Waals surface area contributed by atoms with Crippen molar-refractivity contribution in [3.8, 4) is 0 Å². The van der Waals surface area contributed by atoms with Crippen molar-refractivity contribution in [3.63, 3.8) is 0 Å². The topological polar surface area (TPSA) is 12.0 Å². The molecule has 0 spiro atoms. The minimum absolute atomic E-state index is 0.0421. The zero-order valence-corrected chi connectivity index (χ0v) is 14.3. The SMILES string of the molecule is CC(Nc1ccc(Br)c(C(F)(F)F)c1)c1sccc1Br. The molecule has 7 heteroatoms. The number of anilines is 1. The molecule has 0 aliphatic heterocycles. The zero-order chi connectivity index (χ0) is 14.9. The molecule has 1 N–H and O–H groups in total. The first kappa shape index (κ1) is 15.9. The summed E-state index contributed by atoms with van der Waals surface area (Å²) in [6, 6.07) is 5.98. The van der Waals surface area contributed by atoms with Gasteiger partial charge in [-0.05, 0) is 52.5 Å². The van der Waals surface area contributed by atoms with Crippen molar-refractivity contribution in [1.82, 2.24) is 0 Å². The van der Waals surface area contributed by atoms with Gasteiger partial charge in [-0.1, -0.05) is 15.9 Å². The van der Waals surface area contributed by atoms with E-state index in [-0.39, 0.29) is 10.5 Å². The second kappa shape index (κ2) is 6.07. The fraction of sp³-hybridized carbons (Fsp3) is 0.231. The van der Waals surface area contributed by atoms with Crippen LogP contribution in [0.4, 0.5) is 18.9 Å². The van der Waals surface area contributed by atoms with Crippen LogP contribution in [0.15, 0.2) is 38.6 Å². The maximum atomic E-state index is 12.8. The molecule has 0 amide bonds. The van der Waals surface area contributed by atoms with Gasteiger partial charge in [-0.3, -0.25) is 0 Å². The minimum atomic E-state index is -4.37. The van der Waals surface area contributed by atoms with Crippen LogP contribution in [-0.4, -0.2) is 0 Å². The number of benzene rings is 1. The number of rotatable bonds is 3. The number of nitrogens with one attached hydrogen (secondary N) is 1. The molecule has 0 saturated carbocycles. The van der Waals surface area contributed by atoms with E-state index in [1.54, 1.807) is 17.4 Å². The van der Waals surface area contributed by atoms with Gasteiger partial charge in [0.25, 0.3) is 0 Å². The van der Waals surface area contributed by atoms with Gasteiger partial charge in [0.05, 0.1) is 11.6 Å². The highest BCUT2D eigenvalue weighted by Crippen LogP contribution is 2.37. The Morgan fingerprint density at radius 1 is 1.15 bits per heavy atom. The molecule has 0 fully saturated rings. The number of halogens is 5. The van der Waals surface area contributed by atoms with Crippen molar-refractivity contribution in [2.45, 2.75) is 19.1 Å². The fourth-order valence-corrected chi connectivity index (χ4v) is 3.96. The first-order chi connectivity index (χ1) is 9.29. The summed E-state index contributed by atoms with van der Waals surface area (Å²) in [5, 5.41) is 5.02. The summed E-state index contributed by atoms with van der Waals surface area (Å²) < 4.78 is 39.5. The third-order valence-corrected chi connectivity index (χ3v) is 5.44. The first-order valence-electron chi connectivity index (χ1n) is 5.65. The van der Waals surface area contributed by atoms with Gasteiger partial charge in [-0.2, -0.15) is 13.2 Å². The molecule has 1 aromatic heterocycles. The molecule has 0 aliphatic rings. The molecule has 2 aromatic rings. The largest absolute Gasteiger partial charge is 0.417 e. The molecular formula is C13H10Br2F3NS. The Hall–Kier alpha value is -0.530. The average Bonchev–Trinajstić information content (AvgIpc) is 2.76. The van der Waals surface area contributed by atoms with Crippen LogP contribution >= 0.6 is 43.2 Å². The molecule has 2 rings (SSSR count). The third-order valence-electron chi connectivity index (χ3n) is 2.69. The Morgan fingerprint density at radius 3 is 2.40 bits per heavy atom. The molecule has 1 unspecified atom stereocenters. The Balaban J connectivity index is 2.25. The van der Waals surface area contributed by atoms with Crippen molar-refractivity contribution in [1.29, 1.82) is 0 Å². The third kappa shape index (κ3) is 3.56. The number of hydrogen-bond acceptors (Lipinski definition) is 2. The molecule has 0 aliphatic carbocycles. The van der Waals surface area contributed by atoms with Crippen molar-refractivity contribution in [2.24, 2.45) is 0 Å². The summed E-state index contributed by atoms with van der Waals surface area (Å²) in [4.78, 5) is 1.04. The van der Waals surface area contributed by atoms with E-state index in [1.807, 2.05) is 18.4 Å². The Morgan fingerprint density at radius 2 is 1.85 bits per heavy atom. The zero-order valence-electron chi connectivity index (χ0n) is 10.3. The van der Waals surface area contributed by atoms with Crippen LogP contribution in [0, 0.1) is 0 Å². The van der Waals surface area contributed by atoms with Crippen LogP contribution in [-0.2, 0) is 6.18 Å². The molecule has 0 radical (unpaired) electrons. The lowest BCUT2D eigenvalue weighted by Crippen LogP contribution is -2.09. The summed E-state index contributed by atoms with van der Waals surface area (Å²) in [6.07, 6.45) is -4.37. The predicted molar refractivity (Wildman–Crippen MR) is 83.2 cm³/mol. The minimum Gasteiger partial charge on any atom is -0.378 e. The monoisotopic (exact) mass is 427 g/mol.